The zero-order valence-corrected chi connectivity index (χ0v) is 14.1. The van der Waals surface area contributed by atoms with Gasteiger partial charge in [0.25, 0.3) is 5.91 Å². The van der Waals surface area contributed by atoms with Gasteiger partial charge >= 0.3 is 0 Å². The number of amides is 1. The third-order valence-corrected chi connectivity index (χ3v) is 5.63. The minimum absolute atomic E-state index is 0.0384. The molecule has 130 valence electrons. The topological polar surface area (TPSA) is 64.4 Å². The number of fused-ring (bicyclic) bond motifs is 1. The molecular formula is C18H25N3O3. The summed E-state index contributed by atoms with van der Waals surface area (Å²) in [6.45, 7) is 2.46. The normalized spacial score (nSPS) is 27.8. The molecule has 1 aliphatic carbocycles. The number of nitrogens with zero attached hydrogens (tertiary/aromatic N) is 3. The van der Waals surface area contributed by atoms with Crippen molar-refractivity contribution in [2.45, 2.75) is 57.5 Å². The van der Waals surface area contributed by atoms with Crippen molar-refractivity contribution in [3.8, 4) is 0 Å². The van der Waals surface area contributed by atoms with Gasteiger partial charge in [-0.3, -0.25) is 14.3 Å². The van der Waals surface area contributed by atoms with E-state index in [0.717, 1.165) is 50.8 Å². The first-order chi connectivity index (χ1) is 11.7. The minimum atomic E-state index is -0.127. The number of aromatic nitrogens is 2. The molecule has 0 bridgehead atoms. The molecule has 0 aromatic carbocycles. The van der Waals surface area contributed by atoms with Crippen LogP contribution in [0.1, 0.15) is 54.7 Å². The SMILES string of the molecule is O=C1CCCC[C@H]1[C@H]1COCCN1C(=O)c1cc2n(n1)CCCC2. The highest BCUT2D eigenvalue weighted by molar-refractivity contribution is 5.93. The van der Waals surface area contributed by atoms with Crippen LogP contribution in [-0.4, -0.2) is 52.2 Å². The van der Waals surface area contributed by atoms with Gasteiger partial charge in [-0.25, -0.2) is 0 Å². The van der Waals surface area contributed by atoms with Crippen molar-refractivity contribution in [1.82, 2.24) is 14.7 Å². The molecule has 3 aliphatic rings. The van der Waals surface area contributed by atoms with Crippen LogP contribution in [0.25, 0.3) is 0 Å². The summed E-state index contributed by atoms with van der Waals surface area (Å²) in [6, 6.07) is 1.81. The number of carbonyl (C=O) groups is 2. The average Bonchev–Trinajstić information content (AvgIpc) is 3.06. The van der Waals surface area contributed by atoms with Crippen LogP contribution in [0, 0.1) is 5.92 Å². The fraction of sp³-hybridized carbons (Fsp3) is 0.722. The summed E-state index contributed by atoms with van der Waals surface area (Å²) in [5.74, 6) is 0.183. The van der Waals surface area contributed by atoms with Crippen LogP contribution in [0.5, 0.6) is 0 Å². The van der Waals surface area contributed by atoms with Crippen LogP contribution < -0.4 is 0 Å². The van der Waals surface area contributed by atoms with E-state index in [1.807, 2.05) is 15.6 Å². The summed E-state index contributed by atoms with van der Waals surface area (Å²) in [7, 11) is 0. The molecule has 1 aromatic rings. The number of ether oxygens (including phenoxy) is 1. The van der Waals surface area contributed by atoms with Gasteiger partial charge in [0.2, 0.25) is 0 Å². The van der Waals surface area contributed by atoms with Gasteiger partial charge < -0.3 is 9.64 Å². The molecule has 1 aromatic heterocycles. The van der Waals surface area contributed by atoms with Crippen molar-refractivity contribution in [2.24, 2.45) is 5.92 Å². The maximum Gasteiger partial charge on any atom is 0.274 e. The molecule has 1 amide bonds. The Morgan fingerprint density at radius 3 is 2.88 bits per heavy atom. The third kappa shape index (κ3) is 2.88. The van der Waals surface area contributed by atoms with E-state index in [9.17, 15) is 9.59 Å². The highest BCUT2D eigenvalue weighted by Gasteiger charge is 2.39. The Hall–Kier alpha value is -1.69. The number of hydrogen-bond donors (Lipinski definition) is 0. The largest absolute Gasteiger partial charge is 0.377 e. The first-order valence-corrected chi connectivity index (χ1v) is 9.22. The zero-order chi connectivity index (χ0) is 16.5. The van der Waals surface area contributed by atoms with Crippen LogP contribution >= 0.6 is 0 Å². The molecule has 3 heterocycles. The first-order valence-electron chi connectivity index (χ1n) is 9.22. The van der Waals surface area contributed by atoms with E-state index in [1.165, 1.54) is 0 Å². The Morgan fingerprint density at radius 1 is 1.17 bits per heavy atom. The molecule has 6 heteroatoms. The summed E-state index contributed by atoms with van der Waals surface area (Å²) < 4.78 is 7.58. The molecule has 2 aliphatic heterocycles. The van der Waals surface area contributed by atoms with Gasteiger partial charge in [0.15, 0.2) is 5.69 Å². The Balaban J connectivity index is 1.56. The van der Waals surface area contributed by atoms with Gasteiger partial charge in [0.05, 0.1) is 19.3 Å². The molecule has 1 saturated heterocycles. The summed E-state index contributed by atoms with van der Waals surface area (Å²) in [5.41, 5.74) is 1.69. The van der Waals surface area contributed by atoms with Gasteiger partial charge in [-0.1, -0.05) is 6.42 Å². The maximum atomic E-state index is 13.1. The van der Waals surface area contributed by atoms with Crippen molar-refractivity contribution < 1.29 is 14.3 Å². The molecule has 1 saturated carbocycles. The zero-order valence-electron chi connectivity index (χ0n) is 14.1. The van der Waals surface area contributed by atoms with Crippen LogP contribution in [0.15, 0.2) is 6.07 Å². The second-order valence-corrected chi connectivity index (χ2v) is 7.16. The van der Waals surface area contributed by atoms with Gasteiger partial charge in [0, 0.05) is 31.1 Å². The Bertz CT molecular complexity index is 616. The van der Waals surface area contributed by atoms with E-state index in [4.69, 9.17) is 4.74 Å². The van der Waals surface area contributed by atoms with E-state index >= 15 is 0 Å². The molecule has 2 fully saturated rings. The average molecular weight is 331 g/mol. The molecular weight excluding hydrogens is 306 g/mol. The standard InChI is InChI=1S/C18H25N3O3/c22-17-7-2-1-6-14(17)16-12-24-10-9-20(16)18(23)15-11-13-5-3-4-8-21(13)19-15/h11,14,16H,1-10,12H2/t14-,16+/m0/s1. The van der Waals surface area contributed by atoms with E-state index < -0.39 is 0 Å². The molecule has 6 nitrogen and oxygen atoms in total. The van der Waals surface area contributed by atoms with Crippen molar-refractivity contribution in [3.63, 3.8) is 0 Å². The highest BCUT2D eigenvalue weighted by atomic mass is 16.5. The minimum Gasteiger partial charge on any atom is -0.377 e. The van der Waals surface area contributed by atoms with Crippen molar-refractivity contribution in [2.75, 3.05) is 19.8 Å². The van der Waals surface area contributed by atoms with E-state index in [1.54, 1.807) is 0 Å². The third-order valence-electron chi connectivity index (χ3n) is 5.63. The number of rotatable bonds is 2. The van der Waals surface area contributed by atoms with Gasteiger partial charge in [-0.05, 0) is 38.2 Å². The van der Waals surface area contributed by atoms with Crippen LogP contribution in [0.3, 0.4) is 0 Å². The number of ketones is 1. The fourth-order valence-corrected chi connectivity index (χ4v) is 4.29. The molecule has 0 spiro atoms. The molecule has 4 rings (SSSR count). The lowest BCUT2D eigenvalue weighted by molar-refractivity contribution is -0.129. The monoisotopic (exact) mass is 331 g/mol. The first kappa shape index (κ1) is 15.8. The van der Waals surface area contributed by atoms with Crippen molar-refractivity contribution >= 4 is 11.7 Å². The number of morpholine rings is 1. The molecule has 0 N–H and O–H groups in total. The summed E-state index contributed by atoms with van der Waals surface area (Å²) >= 11 is 0. The molecule has 0 unspecified atom stereocenters. The second kappa shape index (κ2) is 6.67. The predicted octanol–water partition coefficient (Wildman–Crippen LogP) is 1.82. The van der Waals surface area contributed by atoms with Crippen LogP contribution in [0.4, 0.5) is 0 Å². The summed E-state index contributed by atoms with van der Waals surface area (Å²) in [5, 5.41) is 4.52. The Kier molecular flexibility index (Phi) is 4.39. The molecule has 0 radical (unpaired) electrons. The fourth-order valence-electron chi connectivity index (χ4n) is 4.29. The summed E-state index contributed by atoms with van der Waals surface area (Å²) in [4.78, 5) is 27.3. The van der Waals surface area contributed by atoms with Gasteiger partial charge in [-0.15, -0.1) is 0 Å². The van der Waals surface area contributed by atoms with Gasteiger partial charge in [-0.2, -0.15) is 5.10 Å². The lowest BCUT2D eigenvalue weighted by atomic mass is 9.82. The molecule has 24 heavy (non-hydrogen) atoms. The number of hydrogen-bond acceptors (Lipinski definition) is 4. The number of carbonyl (C=O) groups excluding carboxylic acids is 2. The van der Waals surface area contributed by atoms with Gasteiger partial charge in [0.1, 0.15) is 5.78 Å². The van der Waals surface area contributed by atoms with E-state index in [0.29, 0.717) is 37.7 Å². The smallest absolute Gasteiger partial charge is 0.274 e. The van der Waals surface area contributed by atoms with Crippen molar-refractivity contribution in [3.05, 3.63) is 17.5 Å². The van der Waals surface area contributed by atoms with E-state index in [2.05, 4.69) is 5.10 Å². The van der Waals surface area contributed by atoms with Crippen LogP contribution in [0.2, 0.25) is 0 Å². The maximum absolute atomic E-state index is 13.1. The Labute approximate surface area is 142 Å². The predicted molar refractivity (Wildman–Crippen MR) is 87.8 cm³/mol. The van der Waals surface area contributed by atoms with Crippen molar-refractivity contribution in [1.29, 1.82) is 0 Å². The lowest BCUT2D eigenvalue weighted by Gasteiger charge is -2.40. The van der Waals surface area contributed by atoms with Crippen LogP contribution in [-0.2, 0) is 22.5 Å². The summed E-state index contributed by atoms with van der Waals surface area (Å²) in [6.07, 6.45) is 6.83. The highest BCUT2D eigenvalue weighted by Crippen LogP contribution is 2.29. The molecule has 2 atom stereocenters. The second-order valence-electron chi connectivity index (χ2n) is 7.16. The van der Waals surface area contributed by atoms with E-state index in [-0.39, 0.29) is 17.9 Å². The lowest BCUT2D eigenvalue weighted by Crippen LogP contribution is -2.54. The Morgan fingerprint density at radius 2 is 2.04 bits per heavy atom. The number of Topliss-reactive ketones (excluding diaryl/α,β-unsaturated/α-hetero) is 1. The number of aryl methyl sites for hydroxylation is 2. The quantitative estimate of drug-likeness (QED) is 0.829.